The van der Waals surface area contributed by atoms with Gasteiger partial charge in [0.2, 0.25) is 0 Å². The summed E-state index contributed by atoms with van der Waals surface area (Å²) in [6, 6.07) is 0. The van der Waals surface area contributed by atoms with Gasteiger partial charge in [0.05, 0.1) is 5.52 Å². The molecule has 0 unspecified atom stereocenters. The molecule has 0 atom stereocenters. The lowest BCUT2D eigenvalue weighted by Gasteiger charge is -1.93. The van der Waals surface area contributed by atoms with Crippen LogP contribution in [-0.2, 0) is 0 Å². The SMILES string of the molecule is CCCCSc1nc2cscc2[nH]1. The lowest BCUT2D eigenvalue weighted by molar-refractivity contribution is 0.893. The summed E-state index contributed by atoms with van der Waals surface area (Å²) in [6.45, 7) is 2.21. The van der Waals surface area contributed by atoms with Gasteiger partial charge in [-0.05, 0) is 6.42 Å². The highest BCUT2D eigenvalue weighted by atomic mass is 32.2. The number of aromatic amines is 1. The molecule has 0 radical (unpaired) electrons. The number of nitrogens with one attached hydrogen (secondary N) is 1. The van der Waals surface area contributed by atoms with E-state index >= 15 is 0 Å². The first kappa shape index (κ1) is 9.09. The molecule has 0 bridgehead atoms. The third-order valence-corrected chi connectivity index (χ3v) is 3.53. The molecule has 0 amide bonds. The molecule has 4 heteroatoms. The first-order valence-electron chi connectivity index (χ1n) is 4.45. The number of H-pyrrole nitrogens is 1. The fourth-order valence-electron chi connectivity index (χ4n) is 1.10. The Kier molecular flexibility index (Phi) is 2.90. The maximum absolute atomic E-state index is 4.46. The van der Waals surface area contributed by atoms with Gasteiger partial charge >= 0.3 is 0 Å². The second kappa shape index (κ2) is 4.15. The molecule has 2 heterocycles. The number of thiophene rings is 1. The average Bonchev–Trinajstić information content (AvgIpc) is 2.64. The molecular formula is C9H12N2S2. The minimum absolute atomic E-state index is 1.06. The molecule has 2 nitrogen and oxygen atoms in total. The zero-order valence-electron chi connectivity index (χ0n) is 7.54. The standard InChI is InChI=1S/C9H12N2S2/c1-2-3-4-13-9-10-7-5-12-6-8(7)11-9/h5-6H,2-4H2,1H3,(H,10,11). The summed E-state index contributed by atoms with van der Waals surface area (Å²) in [5.41, 5.74) is 2.27. The van der Waals surface area contributed by atoms with Crippen LogP contribution in [0.1, 0.15) is 19.8 Å². The summed E-state index contributed by atoms with van der Waals surface area (Å²) < 4.78 is 0. The predicted octanol–water partition coefficient (Wildman–Crippen LogP) is 3.52. The van der Waals surface area contributed by atoms with E-state index in [4.69, 9.17) is 0 Å². The Hall–Kier alpha value is -0.480. The van der Waals surface area contributed by atoms with E-state index in [9.17, 15) is 0 Å². The maximum atomic E-state index is 4.46. The molecule has 70 valence electrons. The van der Waals surface area contributed by atoms with Crippen LogP contribution in [0, 0.1) is 0 Å². The highest BCUT2D eigenvalue weighted by Gasteiger charge is 2.02. The number of hydrogen-bond donors (Lipinski definition) is 1. The lowest BCUT2D eigenvalue weighted by atomic mass is 10.4. The van der Waals surface area contributed by atoms with Crippen molar-refractivity contribution in [3.63, 3.8) is 0 Å². The van der Waals surface area contributed by atoms with Crippen molar-refractivity contribution in [2.75, 3.05) is 5.75 Å². The van der Waals surface area contributed by atoms with Crippen LogP contribution in [0.15, 0.2) is 15.9 Å². The van der Waals surface area contributed by atoms with Gasteiger partial charge in [-0.3, -0.25) is 0 Å². The van der Waals surface area contributed by atoms with E-state index < -0.39 is 0 Å². The van der Waals surface area contributed by atoms with Crippen molar-refractivity contribution in [2.24, 2.45) is 0 Å². The van der Waals surface area contributed by atoms with Crippen LogP contribution in [0.3, 0.4) is 0 Å². The number of rotatable bonds is 4. The van der Waals surface area contributed by atoms with E-state index in [-0.39, 0.29) is 0 Å². The third kappa shape index (κ3) is 2.06. The van der Waals surface area contributed by atoms with Crippen molar-refractivity contribution < 1.29 is 0 Å². The van der Waals surface area contributed by atoms with Gasteiger partial charge in [-0.25, -0.2) is 4.98 Å². The Bertz CT molecular complexity index is 349. The minimum Gasteiger partial charge on any atom is -0.332 e. The highest BCUT2D eigenvalue weighted by Crippen LogP contribution is 2.22. The fraction of sp³-hybridized carbons (Fsp3) is 0.444. The Labute approximate surface area is 85.8 Å². The van der Waals surface area contributed by atoms with E-state index in [0.717, 1.165) is 16.4 Å². The Balaban J connectivity index is 2.03. The van der Waals surface area contributed by atoms with E-state index in [0.29, 0.717) is 0 Å². The molecule has 0 fully saturated rings. The molecule has 0 spiro atoms. The molecule has 2 rings (SSSR count). The normalized spacial score (nSPS) is 11.2. The molecule has 1 N–H and O–H groups in total. The largest absolute Gasteiger partial charge is 0.332 e. The van der Waals surface area contributed by atoms with Crippen molar-refractivity contribution in [3.8, 4) is 0 Å². The van der Waals surface area contributed by atoms with Crippen molar-refractivity contribution in [1.82, 2.24) is 9.97 Å². The molecule has 0 aliphatic heterocycles. The summed E-state index contributed by atoms with van der Waals surface area (Å²) in [4.78, 5) is 7.76. The van der Waals surface area contributed by atoms with Gasteiger partial charge < -0.3 is 4.98 Å². The van der Waals surface area contributed by atoms with Crippen molar-refractivity contribution in [1.29, 1.82) is 0 Å². The second-order valence-electron chi connectivity index (χ2n) is 2.91. The topological polar surface area (TPSA) is 28.7 Å². The Morgan fingerprint density at radius 3 is 3.23 bits per heavy atom. The number of hydrogen-bond acceptors (Lipinski definition) is 3. The van der Waals surface area contributed by atoms with Crippen molar-refractivity contribution >= 4 is 34.1 Å². The van der Waals surface area contributed by atoms with Gasteiger partial charge in [0.15, 0.2) is 5.16 Å². The van der Waals surface area contributed by atoms with Crippen LogP contribution in [-0.4, -0.2) is 15.7 Å². The van der Waals surface area contributed by atoms with Gasteiger partial charge in [0.1, 0.15) is 5.52 Å². The van der Waals surface area contributed by atoms with Crippen LogP contribution in [0.2, 0.25) is 0 Å². The van der Waals surface area contributed by atoms with Crippen LogP contribution in [0.4, 0.5) is 0 Å². The molecule has 0 saturated carbocycles. The van der Waals surface area contributed by atoms with Gasteiger partial charge in [-0.15, -0.1) is 11.3 Å². The monoisotopic (exact) mass is 212 g/mol. The van der Waals surface area contributed by atoms with Crippen molar-refractivity contribution in [3.05, 3.63) is 10.8 Å². The number of thioether (sulfide) groups is 1. The molecular weight excluding hydrogens is 200 g/mol. The second-order valence-corrected chi connectivity index (χ2v) is 4.74. The van der Waals surface area contributed by atoms with Crippen molar-refractivity contribution in [2.45, 2.75) is 24.9 Å². The summed E-state index contributed by atoms with van der Waals surface area (Å²) in [5, 5.41) is 5.24. The van der Waals surface area contributed by atoms with Gasteiger partial charge in [-0.1, -0.05) is 25.1 Å². The molecule has 0 saturated heterocycles. The van der Waals surface area contributed by atoms with E-state index in [1.807, 2.05) is 11.8 Å². The molecule has 2 aromatic rings. The van der Waals surface area contributed by atoms with E-state index in [1.54, 1.807) is 11.3 Å². The fourth-order valence-corrected chi connectivity index (χ4v) is 2.77. The third-order valence-electron chi connectivity index (χ3n) is 1.84. The summed E-state index contributed by atoms with van der Waals surface area (Å²) in [6.07, 6.45) is 2.51. The molecule has 0 aliphatic carbocycles. The minimum atomic E-state index is 1.06. The maximum Gasteiger partial charge on any atom is 0.166 e. The first-order valence-corrected chi connectivity index (χ1v) is 6.37. The van der Waals surface area contributed by atoms with Crippen LogP contribution >= 0.6 is 23.1 Å². The quantitative estimate of drug-likeness (QED) is 0.620. The molecule has 0 aliphatic rings. The summed E-state index contributed by atoms with van der Waals surface area (Å²) >= 11 is 3.51. The number of imidazole rings is 1. The van der Waals surface area contributed by atoms with Gasteiger partial charge in [0.25, 0.3) is 0 Å². The number of fused-ring (bicyclic) bond motifs is 1. The van der Waals surface area contributed by atoms with Crippen LogP contribution in [0.5, 0.6) is 0 Å². The smallest absolute Gasteiger partial charge is 0.166 e. The summed E-state index contributed by atoms with van der Waals surface area (Å²) in [7, 11) is 0. The first-order chi connectivity index (χ1) is 6.40. The van der Waals surface area contributed by atoms with Crippen LogP contribution < -0.4 is 0 Å². The number of aromatic nitrogens is 2. The van der Waals surface area contributed by atoms with Gasteiger partial charge in [0, 0.05) is 16.5 Å². The molecule has 0 aromatic carbocycles. The summed E-state index contributed by atoms with van der Waals surface area (Å²) in [5.74, 6) is 1.16. The van der Waals surface area contributed by atoms with Gasteiger partial charge in [-0.2, -0.15) is 0 Å². The lowest BCUT2D eigenvalue weighted by Crippen LogP contribution is -1.79. The zero-order valence-corrected chi connectivity index (χ0v) is 9.17. The van der Waals surface area contributed by atoms with E-state index in [1.165, 1.54) is 18.4 Å². The Morgan fingerprint density at radius 1 is 1.54 bits per heavy atom. The predicted molar refractivity (Wildman–Crippen MR) is 59.6 cm³/mol. The average molecular weight is 212 g/mol. The number of nitrogens with zero attached hydrogens (tertiary/aromatic N) is 1. The molecule has 2 aromatic heterocycles. The molecule has 13 heavy (non-hydrogen) atoms. The zero-order chi connectivity index (χ0) is 9.10. The highest BCUT2D eigenvalue weighted by molar-refractivity contribution is 7.99. The van der Waals surface area contributed by atoms with E-state index in [2.05, 4.69) is 27.7 Å². The van der Waals surface area contributed by atoms with Crippen LogP contribution in [0.25, 0.3) is 11.0 Å². The number of unbranched alkanes of at least 4 members (excludes halogenated alkanes) is 1. The Morgan fingerprint density at radius 2 is 2.46 bits per heavy atom.